The predicted molar refractivity (Wildman–Crippen MR) is 70.7 cm³/mol. The normalized spacial score (nSPS) is 12.6. The molecule has 0 fully saturated rings. The van der Waals surface area contributed by atoms with Gasteiger partial charge in [-0.3, -0.25) is 0 Å². The molecule has 4 nitrogen and oxygen atoms in total. The molecule has 0 amide bonds. The molecule has 2 N–H and O–H groups in total. The molecule has 102 valence electrons. The number of furan rings is 1. The molecule has 1 unspecified atom stereocenters. The number of carboxylic acid groups (broad SMARTS) is 1. The highest BCUT2D eigenvalue weighted by Crippen LogP contribution is 2.12. The number of nitrogens with one attached hydrogen (secondary N) is 1. The smallest absolute Gasteiger partial charge is 0.339 e. The average Bonchev–Trinajstić information content (AvgIpc) is 2.81. The van der Waals surface area contributed by atoms with Crippen LogP contribution in [-0.2, 0) is 6.54 Å². The lowest BCUT2D eigenvalue weighted by molar-refractivity contribution is 0.0694. The van der Waals surface area contributed by atoms with Crippen LogP contribution in [0.15, 0.2) is 16.7 Å². The maximum atomic E-state index is 10.9. The summed E-state index contributed by atoms with van der Waals surface area (Å²) in [4.78, 5) is 10.9. The maximum Gasteiger partial charge on any atom is 0.339 e. The van der Waals surface area contributed by atoms with Crippen molar-refractivity contribution in [3.8, 4) is 0 Å². The molecular weight excluding hydrogens is 230 g/mol. The molecule has 4 heteroatoms. The molecule has 18 heavy (non-hydrogen) atoms. The van der Waals surface area contributed by atoms with Crippen molar-refractivity contribution in [1.82, 2.24) is 5.32 Å². The van der Waals surface area contributed by atoms with E-state index in [9.17, 15) is 4.79 Å². The Morgan fingerprint density at radius 2 is 2.17 bits per heavy atom. The van der Waals surface area contributed by atoms with E-state index in [2.05, 4.69) is 19.2 Å². The monoisotopic (exact) mass is 253 g/mol. The van der Waals surface area contributed by atoms with Crippen LogP contribution in [-0.4, -0.2) is 17.1 Å². The Kier molecular flexibility index (Phi) is 6.50. The standard InChI is InChI=1S/C14H23NO3/c1-3-5-7-11(6-4-2)15-10-13-12(14(16)17)8-9-18-13/h8-9,11,15H,3-7,10H2,1-2H3,(H,16,17). The molecule has 0 spiro atoms. The van der Waals surface area contributed by atoms with Gasteiger partial charge in [0.2, 0.25) is 0 Å². The Labute approximate surface area is 108 Å². The third-order valence-corrected chi connectivity index (χ3v) is 3.07. The molecule has 1 atom stereocenters. The summed E-state index contributed by atoms with van der Waals surface area (Å²) in [7, 11) is 0. The number of carbonyl (C=O) groups is 1. The average molecular weight is 253 g/mol. The summed E-state index contributed by atoms with van der Waals surface area (Å²) in [5.41, 5.74) is 0.258. The zero-order valence-electron chi connectivity index (χ0n) is 11.2. The second-order valence-corrected chi connectivity index (χ2v) is 4.57. The molecule has 1 heterocycles. The predicted octanol–water partition coefficient (Wildman–Crippen LogP) is 3.43. The second-order valence-electron chi connectivity index (χ2n) is 4.57. The number of hydrogen-bond acceptors (Lipinski definition) is 3. The van der Waals surface area contributed by atoms with Gasteiger partial charge < -0.3 is 14.8 Å². The molecular formula is C14H23NO3. The minimum absolute atomic E-state index is 0.258. The van der Waals surface area contributed by atoms with Gasteiger partial charge in [-0.1, -0.05) is 33.1 Å². The van der Waals surface area contributed by atoms with Gasteiger partial charge in [-0.25, -0.2) is 4.79 Å². The van der Waals surface area contributed by atoms with E-state index >= 15 is 0 Å². The highest BCUT2D eigenvalue weighted by Gasteiger charge is 2.14. The van der Waals surface area contributed by atoms with Crippen molar-refractivity contribution >= 4 is 5.97 Å². The second kappa shape index (κ2) is 7.93. The Hall–Kier alpha value is -1.29. The largest absolute Gasteiger partial charge is 0.478 e. The van der Waals surface area contributed by atoms with Crippen molar-refractivity contribution in [3.63, 3.8) is 0 Å². The highest BCUT2D eigenvalue weighted by atomic mass is 16.4. The number of hydrogen-bond donors (Lipinski definition) is 2. The van der Waals surface area contributed by atoms with Crippen molar-refractivity contribution in [1.29, 1.82) is 0 Å². The van der Waals surface area contributed by atoms with Gasteiger partial charge in [0.15, 0.2) is 0 Å². The van der Waals surface area contributed by atoms with Crippen LogP contribution in [0.1, 0.15) is 62.1 Å². The van der Waals surface area contributed by atoms with Crippen molar-refractivity contribution in [2.75, 3.05) is 0 Å². The Balaban J connectivity index is 2.49. The summed E-state index contributed by atoms with van der Waals surface area (Å²) in [6.45, 7) is 4.83. The SMILES string of the molecule is CCCCC(CCC)NCc1occc1C(=O)O. The van der Waals surface area contributed by atoms with Crippen LogP contribution in [0.5, 0.6) is 0 Å². The van der Waals surface area contributed by atoms with Crippen LogP contribution in [0.4, 0.5) is 0 Å². The van der Waals surface area contributed by atoms with Crippen LogP contribution in [0.2, 0.25) is 0 Å². The quantitative estimate of drug-likeness (QED) is 0.707. The van der Waals surface area contributed by atoms with Gasteiger partial charge in [0, 0.05) is 6.04 Å². The van der Waals surface area contributed by atoms with Crippen LogP contribution in [0.3, 0.4) is 0 Å². The first kappa shape index (κ1) is 14.8. The summed E-state index contributed by atoms with van der Waals surface area (Å²) >= 11 is 0. The number of carboxylic acids is 1. The molecule has 1 aromatic heterocycles. The summed E-state index contributed by atoms with van der Waals surface area (Å²) < 4.78 is 5.22. The van der Waals surface area contributed by atoms with E-state index in [0.717, 1.165) is 19.3 Å². The van der Waals surface area contributed by atoms with E-state index in [1.807, 2.05) is 0 Å². The van der Waals surface area contributed by atoms with Gasteiger partial charge in [0.05, 0.1) is 12.8 Å². The number of unbranched alkanes of at least 4 members (excludes halogenated alkanes) is 1. The van der Waals surface area contributed by atoms with E-state index < -0.39 is 5.97 Å². The molecule has 1 aromatic rings. The molecule has 1 rings (SSSR count). The fourth-order valence-electron chi connectivity index (χ4n) is 2.05. The van der Waals surface area contributed by atoms with Crippen molar-refractivity contribution in [2.24, 2.45) is 0 Å². The third kappa shape index (κ3) is 4.53. The van der Waals surface area contributed by atoms with Gasteiger partial charge in [-0.05, 0) is 18.9 Å². The Morgan fingerprint density at radius 1 is 1.39 bits per heavy atom. The fraction of sp³-hybridized carbons (Fsp3) is 0.643. The van der Waals surface area contributed by atoms with Crippen LogP contribution < -0.4 is 5.32 Å². The number of rotatable bonds is 9. The van der Waals surface area contributed by atoms with E-state index in [1.165, 1.54) is 25.2 Å². The topological polar surface area (TPSA) is 62.5 Å². The zero-order valence-corrected chi connectivity index (χ0v) is 11.2. The zero-order chi connectivity index (χ0) is 13.4. The van der Waals surface area contributed by atoms with E-state index in [4.69, 9.17) is 9.52 Å². The summed E-state index contributed by atoms with van der Waals surface area (Å²) in [5.74, 6) is -0.416. The Bertz CT molecular complexity index is 360. The van der Waals surface area contributed by atoms with Crippen LogP contribution >= 0.6 is 0 Å². The Morgan fingerprint density at radius 3 is 2.78 bits per heavy atom. The molecule has 0 radical (unpaired) electrons. The number of aromatic carboxylic acids is 1. The van der Waals surface area contributed by atoms with Crippen molar-refractivity contribution in [3.05, 3.63) is 23.7 Å². The molecule has 0 aliphatic rings. The highest BCUT2D eigenvalue weighted by molar-refractivity contribution is 5.88. The first-order valence-corrected chi connectivity index (χ1v) is 6.72. The van der Waals surface area contributed by atoms with Crippen LogP contribution in [0, 0.1) is 0 Å². The van der Waals surface area contributed by atoms with Gasteiger partial charge in [0.25, 0.3) is 0 Å². The molecule has 0 aliphatic heterocycles. The fourth-order valence-corrected chi connectivity index (χ4v) is 2.05. The lowest BCUT2D eigenvalue weighted by Gasteiger charge is -2.17. The van der Waals surface area contributed by atoms with Gasteiger partial charge in [0.1, 0.15) is 11.3 Å². The van der Waals surface area contributed by atoms with Gasteiger partial charge in [-0.15, -0.1) is 0 Å². The first-order chi connectivity index (χ1) is 8.69. The van der Waals surface area contributed by atoms with Crippen molar-refractivity contribution in [2.45, 2.75) is 58.5 Å². The molecule has 0 aliphatic carbocycles. The van der Waals surface area contributed by atoms with Crippen LogP contribution in [0.25, 0.3) is 0 Å². The molecule has 0 bridgehead atoms. The maximum absolute atomic E-state index is 10.9. The van der Waals surface area contributed by atoms with E-state index in [1.54, 1.807) is 0 Å². The van der Waals surface area contributed by atoms with E-state index in [0.29, 0.717) is 18.3 Å². The molecule has 0 saturated carbocycles. The first-order valence-electron chi connectivity index (χ1n) is 6.72. The lowest BCUT2D eigenvalue weighted by atomic mass is 10.1. The van der Waals surface area contributed by atoms with E-state index in [-0.39, 0.29) is 5.56 Å². The third-order valence-electron chi connectivity index (χ3n) is 3.07. The van der Waals surface area contributed by atoms with Crippen molar-refractivity contribution < 1.29 is 14.3 Å². The minimum atomic E-state index is -0.929. The lowest BCUT2D eigenvalue weighted by Crippen LogP contribution is -2.28. The van der Waals surface area contributed by atoms with Gasteiger partial charge in [-0.2, -0.15) is 0 Å². The minimum Gasteiger partial charge on any atom is -0.478 e. The summed E-state index contributed by atoms with van der Waals surface area (Å²) in [5, 5.41) is 12.4. The van der Waals surface area contributed by atoms with Gasteiger partial charge >= 0.3 is 5.97 Å². The summed E-state index contributed by atoms with van der Waals surface area (Å²) in [6, 6.07) is 1.95. The molecule has 0 aromatic carbocycles. The molecule has 0 saturated heterocycles. The summed E-state index contributed by atoms with van der Waals surface area (Å²) in [6.07, 6.45) is 7.19.